The maximum Gasteiger partial charge on any atom is -0.0394 e. The molecule has 0 bridgehead atoms. The third-order valence-electron chi connectivity index (χ3n) is 4.27. The van der Waals surface area contributed by atoms with Gasteiger partial charge in [0.2, 0.25) is 0 Å². The monoisotopic (exact) mass is 226 g/mol. The molecule has 0 aromatic heterocycles. The summed E-state index contributed by atoms with van der Waals surface area (Å²) in [6, 6.07) is 0. The fraction of sp³-hybridized carbons (Fsp3) is 1.00. The minimum Gasteiger partial charge on any atom is -0.0651 e. The van der Waals surface area contributed by atoms with Gasteiger partial charge in [-0.1, -0.05) is 61.3 Å². The van der Waals surface area contributed by atoms with Crippen molar-refractivity contribution >= 4 is 0 Å². The Morgan fingerprint density at radius 3 is 1.69 bits per heavy atom. The summed E-state index contributed by atoms with van der Waals surface area (Å²) in [4.78, 5) is 0. The molecule has 0 aliphatic heterocycles. The highest BCUT2D eigenvalue weighted by atomic mass is 14.2. The lowest BCUT2D eigenvalue weighted by Crippen LogP contribution is -2.14. The third-order valence-corrected chi connectivity index (χ3v) is 4.27. The molecule has 0 aromatic carbocycles. The zero-order chi connectivity index (χ0) is 12.7. The van der Waals surface area contributed by atoms with Crippen molar-refractivity contribution in [3.8, 4) is 0 Å². The fourth-order valence-corrected chi connectivity index (χ4v) is 2.75. The Balaban J connectivity index is 3.90. The van der Waals surface area contributed by atoms with E-state index in [1.165, 1.54) is 25.7 Å². The van der Waals surface area contributed by atoms with E-state index in [9.17, 15) is 0 Å². The Bertz CT molecular complexity index is 157. The molecule has 98 valence electrons. The van der Waals surface area contributed by atoms with Crippen LogP contribution in [0.3, 0.4) is 0 Å². The first-order valence-corrected chi connectivity index (χ1v) is 7.38. The van der Waals surface area contributed by atoms with Gasteiger partial charge in [0.05, 0.1) is 0 Å². The van der Waals surface area contributed by atoms with Crippen LogP contribution in [0, 0.1) is 29.6 Å². The van der Waals surface area contributed by atoms with Crippen LogP contribution < -0.4 is 0 Å². The van der Waals surface area contributed by atoms with E-state index in [0.717, 1.165) is 29.6 Å². The summed E-state index contributed by atoms with van der Waals surface area (Å²) in [5, 5.41) is 0. The first kappa shape index (κ1) is 16.0. The Kier molecular flexibility index (Phi) is 8.14. The molecule has 0 radical (unpaired) electrons. The molecule has 0 nitrogen and oxygen atoms in total. The minimum absolute atomic E-state index is 0.851. The van der Waals surface area contributed by atoms with Gasteiger partial charge in [-0.05, 0) is 42.4 Å². The van der Waals surface area contributed by atoms with Crippen molar-refractivity contribution in [2.24, 2.45) is 29.6 Å². The Hall–Kier alpha value is 0. The van der Waals surface area contributed by atoms with Crippen LogP contribution in [0.4, 0.5) is 0 Å². The summed E-state index contributed by atoms with van der Waals surface area (Å²) >= 11 is 0. The van der Waals surface area contributed by atoms with Crippen LogP contribution in [-0.2, 0) is 0 Å². The van der Waals surface area contributed by atoms with E-state index in [2.05, 4.69) is 48.5 Å². The quantitative estimate of drug-likeness (QED) is 0.493. The van der Waals surface area contributed by atoms with Crippen LogP contribution in [0.15, 0.2) is 0 Å². The van der Waals surface area contributed by atoms with Crippen molar-refractivity contribution in [2.75, 3.05) is 0 Å². The second kappa shape index (κ2) is 8.14. The van der Waals surface area contributed by atoms with Crippen molar-refractivity contribution < 1.29 is 0 Å². The largest absolute Gasteiger partial charge is 0.0651 e. The molecular formula is C16H34. The summed E-state index contributed by atoms with van der Waals surface area (Å²) in [5.41, 5.74) is 0. The number of rotatable bonds is 8. The molecule has 0 N–H and O–H groups in total. The average Bonchev–Trinajstić information content (AvgIpc) is 2.16. The molecule has 0 aliphatic carbocycles. The molecule has 0 fully saturated rings. The molecule has 0 aliphatic rings. The molecule has 0 heteroatoms. The van der Waals surface area contributed by atoms with E-state index in [-0.39, 0.29) is 0 Å². The van der Waals surface area contributed by atoms with Crippen LogP contribution in [0.5, 0.6) is 0 Å². The molecule has 3 unspecified atom stereocenters. The third kappa shape index (κ3) is 6.55. The van der Waals surface area contributed by atoms with Gasteiger partial charge in [-0.25, -0.2) is 0 Å². The van der Waals surface area contributed by atoms with Crippen molar-refractivity contribution in [1.29, 1.82) is 0 Å². The van der Waals surface area contributed by atoms with Gasteiger partial charge in [-0.2, -0.15) is 0 Å². The SMILES string of the molecule is CCC(CCC(C)C(C)CC(C)C)C(C)C. The van der Waals surface area contributed by atoms with E-state index < -0.39 is 0 Å². The highest BCUT2D eigenvalue weighted by Crippen LogP contribution is 2.28. The Morgan fingerprint density at radius 2 is 1.31 bits per heavy atom. The molecule has 0 heterocycles. The Labute approximate surface area is 104 Å². The van der Waals surface area contributed by atoms with E-state index in [4.69, 9.17) is 0 Å². The van der Waals surface area contributed by atoms with Crippen LogP contribution >= 0.6 is 0 Å². The topological polar surface area (TPSA) is 0 Å². The molecule has 0 spiro atoms. The van der Waals surface area contributed by atoms with Gasteiger partial charge in [0.15, 0.2) is 0 Å². The van der Waals surface area contributed by atoms with E-state index in [1.54, 1.807) is 0 Å². The summed E-state index contributed by atoms with van der Waals surface area (Å²) < 4.78 is 0. The second-order valence-electron chi connectivity index (χ2n) is 6.57. The van der Waals surface area contributed by atoms with Crippen LogP contribution in [0.2, 0.25) is 0 Å². The molecular weight excluding hydrogens is 192 g/mol. The van der Waals surface area contributed by atoms with Gasteiger partial charge >= 0.3 is 0 Å². The lowest BCUT2D eigenvalue weighted by atomic mass is 9.81. The number of hydrogen-bond acceptors (Lipinski definition) is 0. The predicted molar refractivity (Wildman–Crippen MR) is 75.6 cm³/mol. The highest BCUT2D eigenvalue weighted by Gasteiger charge is 2.17. The first-order valence-electron chi connectivity index (χ1n) is 7.38. The van der Waals surface area contributed by atoms with Crippen molar-refractivity contribution in [1.82, 2.24) is 0 Å². The second-order valence-corrected chi connectivity index (χ2v) is 6.57. The van der Waals surface area contributed by atoms with Gasteiger partial charge in [0.25, 0.3) is 0 Å². The zero-order valence-electron chi connectivity index (χ0n) is 12.7. The molecule has 0 saturated heterocycles. The normalized spacial score (nSPS) is 17.8. The minimum atomic E-state index is 0.851. The lowest BCUT2D eigenvalue weighted by molar-refractivity contribution is 0.260. The highest BCUT2D eigenvalue weighted by molar-refractivity contribution is 4.68. The zero-order valence-corrected chi connectivity index (χ0v) is 12.7. The van der Waals surface area contributed by atoms with Gasteiger partial charge in [-0.3, -0.25) is 0 Å². The summed E-state index contributed by atoms with van der Waals surface area (Å²) in [7, 11) is 0. The fourth-order valence-electron chi connectivity index (χ4n) is 2.75. The summed E-state index contributed by atoms with van der Waals surface area (Å²) in [5.74, 6) is 4.44. The van der Waals surface area contributed by atoms with Gasteiger partial charge in [0.1, 0.15) is 0 Å². The van der Waals surface area contributed by atoms with E-state index >= 15 is 0 Å². The maximum absolute atomic E-state index is 2.44. The van der Waals surface area contributed by atoms with Crippen molar-refractivity contribution in [2.45, 2.75) is 74.1 Å². The van der Waals surface area contributed by atoms with Crippen LogP contribution in [0.25, 0.3) is 0 Å². The van der Waals surface area contributed by atoms with Gasteiger partial charge < -0.3 is 0 Å². The van der Waals surface area contributed by atoms with Crippen LogP contribution in [0.1, 0.15) is 74.1 Å². The lowest BCUT2D eigenvalue weighted by Gasteiger charge is -2.25. The molecule has 16 heavy (non-hydrogen) atoms. The standard InChI is InChI=1S/C16H34/c1-8-16(13(4)5)10-9-14(6)15(7)11-12(2)3/h12-16H,8-11H2,1-7H3. The van der Waals surface area contributed by atoms with Crippen LogP contribution in [-0.4, -0.2) is 0 Å². The number of hydrogen-bond donors (Lipinski definition) is 0. The van der Waals surface area contributed by atoms with Gasteiger partial charge in [-0.15, -0.1) is 0 Å². The smallest absolute Gasteiger partial charge is 0.0394 e. The summed E-state index contributed by atoms with van der Waals surface area (Å²) in [6.45, 7) is 16.6. The molecule has 0 aromatic rings. The average molecular weight is 226 g/mol. The molecule has 0 amide bonds. The first-order chi connectivity index (χ1) is 7.38. The molecule has 0 saturated carbocycles. The predicted octanol–water partition coefficient (Wildman–Crippen LogP) is 5.77. The summed E-state index contributed by atoms with van der Waals surface area (Å²) in [6.07, 6.45) is 5.59. The van der Waals surface area contributed by atoms with E-state index in [0.29, 0.717) is 0 Å². The van der Waals surface area contributed by atoms with Gasteiger partial charge in [0, 0.05) is 0 Å². The molecule has 3 atom stereocenters. The van der Waals surface area contributed by atoms with Crippen molar-refractivity contribution in [3.05, 3.63) is 0 Å². The Morgan fingerprint density at radius 1 is 0.750 bits per heavy atom. The van der Waals surface area contributed by atoms with Crippen molar-refractivity contribution in [3.63, 3.8) is 0 Å². The van der Waals surface area contributed by atoms with E-state index in [1.807, 2.05) is 0 Å². The molecule has 0 rings (SSSR count). The maximum atomic E-state index is 2.44.